The van der Waals surface area contributed by atoms with E-state index in [0.29, 0.717) is 43.6 Å². The molecule has 0 amide bonds. The fourth-order valence-electron chi connectivity index (χ4n) is 4.93. The van der Waals surface area contributed by atoms with E-state index < -0.39 is 16.9 Å². The number of carbonyl (C=O) groups excluding carboxylic acids is 1. The number of esters is 1. The molecule has 222 valence electrons. The number of methoxy groups -OCH3 is 1. The molecule has 0 N–H and O–H groups in total. The van der Waals surface area contributed by atoms with Crippen molar-refractivity contribution in [3.8, 4) is 11.3 Å². The van der Waals surface area contributed by atoms with Gasteiger partial charge in [-0.05, 0) is 43.0 Å². The Morgan fingerprint density at radius 2 is 1.88 bits per heavy atom. The third-order valence-electron chi connectivity index (χ3n) is 7.27. The third-order valence-corrected chi connectivity index (χ3v) is 8.25. The number of aryl methyl sites for hydroxylation is 1. The molecular formula is C32H31N3O7S. The highest BCUT2D eigenvalue weighted by molar-refractivity contribution is 7.07. The Kier molecular flexibility index (Phi) is 8.56. The first-order chi connectivity index (χ1) is 20.6. The van der Waals surface area contributed by atoms with Crippen LogP contribution < -0.4 is 14.9 Å². The summed E-state index contributed by atoms with van der Waals surface area (Å²) in [7, 11) is 1.52. The highest BCUT2D eigenvalue weighted by Gasteiger charge is 2.33. The van der Waals surface area contributed by atoms with Crippen molar-refractivity contribution in [3.05, 3.63) is 118 Å². The van der Waals surface area contributed by atoms with Crippen LogP contribution in [0.4, 0.5) is 5.69 Å². The Bertz CT molecular complexity index is 1910. The Morgan fingerprint density at radius 1 is 1.14 bits per heavy atom. The number of furan rings is 1. The molecule has 3 heterocycles. The number of fused-ring (bicyclic) bond motifs is 1. The Hall–Kier alpha value is -4.61. The standard InChI is InChI=1S/C32H31N3O7S/c1-18(2)21-8-10-22(11-9-21)29-28(31(37)41-15-14-40-5)20(4)33-32-34(29)30(36)27(43-32)17-24-12-13-26(42-24)23-7-6-19(3)25(16-23)35(38)39/h6-13,16-18,29H,14-15H2,1-5H3. The van der Waals surface area contributed by atoms with Gasteiger partial charge < -0.3 is 13.9 Å². The predicted molar refractivity (Wildman–Crippen MR) is 163 cm³/mol. The average Bonchev–Trinajstić information content (AvgIpc) is 3.56. The van der Waals surface area contributed by atoms with E-state index in [9.17, 15) is 19.7 Å². The van der Waals surface area contributed by atoms with Crippen LogP contribution in [0.2, 0.25) is 0 Å². The van der Waals surface area contributed by atoms with Crippen LogP contribution in [0.1, 0.15) is 55.2 Å². The first-order valence-electron chi connectivity index (χ1n) is 13.7. The number of allylic oxidation sites excluding steroid dienone is 1. The molecule has 1 aliphatic heterocycles. The van der Waals surface area contributed by atoms with Crippen molar-refractivity contribution in [1.82, 2.24) is 4.57 Å². The van der Waals surface area contributed by atoms with E-state index >= 15 is 0 Å². The summed E-state index contributed by atoms with van der Waals surface area (Å²) in [4.78, 5) is 43.3. The lowest BCUT2D eigenvalue weighted by atomic mass is 9.93. The van der Waals surface area contributed by atoms with Gasteiger partial charge in [0.2, 0.25) is 0 Å². The lowest BCUT2D eigenvalue weighted by Gasteiger charge is -2.25. The van der Waals surface area contributed by atoms with Crippen molar-refractivity contribution in [2.24, 2.45) is 4.99 Å². The number of hydrogen-bond acceptors (Lipinski definition) is 9. The fourth-order valence-corrected chi connectivity index (χ4v) is 5.96. The Labute approximate surface area is 251 Å². The molecule has 2 aromatic carbocycles. The minimum Gasteiger partial charge on any atom is -0.460 e. The van der Waals surface area contributed by atoms with E-state index in [4.69, 9.17) is 13.9 Å². The molecule has 5 rings (SSSR count). The highest BCUT2D eigenvalue weighted by Crippen LogP contribution is 2.32. The van der Waals surface area contributed by atoms with E-state index in [1.807, 2.05) is 24.3 Å². The SMILES string of the molecule is COCCOC(=O)C1=C(C)N=c2sc(=Cc3ccc(-c4ccc(C)c([N+](=O)[O-])c4)o3)c(=O)n2C1c1ccc(C(C)C)cc1. The van der Waals surface area contributed by atoms with E-state index in [2.05, 4.69) is 18.8 Å². The molecule has 1 atom stereocenters. The van der Waals surface area contributed by atoms with E-state index in [0.717, 1.165) is 11.1 Å². The minimum absolute atomic E-state index is 0.00268. The predicted octanol–water partition coefficient (Wildman–Crippen LogP) is 5.02. The number of ether oxygens (including phenoxy) is 2. The maximum atomic E-state index is 13.9. The van der Waals surface area contributed by atoms with Crippen LogP contribution in [-0.4, -0.2) is 35.8 Å². The lowest BCUT2D eigenvalue weighted by Crippen LogP contribution is -2.40. The summed E-state index contributed by atoms with van der Waals surface area (Å²) in [6.45, 7) is 7.92. The molecule has 0 aliphatic carbocycles. The Morgan fingerprint density at radius 3 is 2.56 bits per heavy atom. The number of aromatic nitrogens is 1. The molecule has 10 nitrogen and oxygen atoms in total. The number of nitro benzene ring substituents is 1. The van der Waals surface area contributed by atoms with Gasteiger partial charge in [0.1, 0.15) is 18.1 Å². The van der Waals surface area contributed by atoms with E-state index in [-0.39, 0.29) is 30.0 Å². The molecule has 1 unspecified atom stereocenters. The van der Waals surface area contributed by atoms with Gasteiger partial charge in [0.05, 0.1) is 33.4 Å². The summed E-state index contributed by atoms with van der Waals surface area (Å²) in [6.07, 6.45) is 1.62. The van der Waals surface area contributed by atoms with Gasteiger partial charge in [0.25, 0.3) is 11.2 Å². The van der Waals surface area contributed by atoms with Crippen molar-refractivity contribution < 1.29 is 23.6 Å². The quantitative estimate of drug-likeness (QED) is 0.114. The molecule has 2 aromatic heterocycles. The number of benzene rings is 2. The molecule has 0 spiro atoms. The van der Waals surface area contributed by atoms with Gasteiger partial charge >= 0.3 is 5.97 Å². The van der Waals surface area contributed by atoms with Gasteiger partial charge in [-0.15, -0.1) is 0 Å². The largest absolute Gasteiger partial charge is 0.460 e. The van der Waals surface area contributed by atoms with Gasteiger partial charge in [0.15, 0.2) is 4.80 Å². The number of rotatable bonds is 9. The average molecular weight is 602 g/mol. The van der Waals surface area contributed by atoms with Crippen LogP contribution in [0.3, 0.4) is 0 Å². The number of carbonyl (C=O) groups is 1. The topological polar surface area (TPSA) is 126 Å². The summed E-state index contributed by atoms with van der Waals surface area (Å²) < 4.78 is 18.4. The fraction of sp³-hybridized carbons (Fsp3) is 0.281. The molecule has 0 saturated carbocycles. The van der Waals surface area contributed by atoms with Gasteiger partial charge in [-0.1, -0.05) is 61.6 Å². The zero-order valence-corrected chi connectivity index (χ0v) is 25.3. The highest BCUT2D eigenvalue weighted by atomic mass is 32.1. The molecular weight excluding hydrogens is 570 g/mol. The third kappa shape index (κ3) is 5.99. The summed E-state index contributed by atoms with van der Waals surface area (Å²) >= 11 is 1.19. The van der Waals surface area contributed by atoms with E-state index in [1.165, 1.54) is 29.1 Å². The van der Waals surface area contributed by atoms with Crippen LogP contribution in [0, 0.1) is 17.0 Å². The van der Waals surface area contributed by atoms with Gasteiger partial charge in [0, 0.05) is 30.4 Å². The van der Waals surface area contributed by atoms with Crippen molar-refractivity contribution in [1.29, 1.82) is 0 Å². The van der Waals surface area contributed by atoms with Crippen molar-refractivity contribution >= 4 is 29.1 Å². The van der Waals surface area contributed by atoms with Gasteiger partial charge in [-0.25, -0.2) is 9.79 Å². The van der Waals surface area contributed by atoms with Crippen molar-refractivity contribution in [3.63, 3.8) is 0 Å². The second-order valence-electron chi connectivity index (χ2n) is 10.5. The summed E-state index contributed by atoms with van der Waals surface area (Å²) in [5.41, 5.74) is 3.41. The second kappa shape index (κ2) is 12.3. The minimum atomic E-state index is -0.741. The number of thiazole rings is 1. The summed E-state index contributed by atoms with van der Waals surface area (Å²) in [5.74, 6) is 0.586. The molecule has 11 heteroatoms. The molecule has 0 saturated heterocycles. The summed E-state index contributed by atoms with van der Waals surface area (Å²) in [6, 6.07) is 15.4. The van der Waals surface area contributed by atoms with E-state index in [1.54, 1.807) is 44.2 Å². The van der Waals surface area contributed by atoms with Crippen LogP contribution in [0.15, 0.2) is 80.1 Å². The smallest absolute Gasteiger partial charge is 0.338 e. The maximum absolute atomic E-state index is 13.9. The first-order valence-corrected chi connectivity index (χ1v) is 14.5. The van der Waals surface area contributed by atoms with Gasteiger partial charge in [-0.2, -0.15) is 0 Å². The van der Waals surface area contributed by atoms with Crippen LogP contribution >= 0.6 is 11.3 Å². The van der Waals surface area contributed by atoms with Crippen LogP contribution in [0.25, 0.3) is 17.4 Å². The molecule has 1 aliphatic rings. The monoisotopic (exact) mass is 601 g/mol. The zero-order valence-electron chi connectivity index (χ0n) is 24.5. The van der Waals surface area contributed by atoms with Crippen LogP contribution in [-0.2, 0) is 14.3 Å². The molecule has 0 bridgehead atoms. The zero-order chi connectivity index (χ0) is 30.8. The van der Waals surface area contributed by atoms with Gasteiger partial charge in [-0.3, -0.25) is 19.5 Å². The molecule has 0 radical (unpaired) electrons. The van der Waals surface area contributed by atoms with Crippen LogP contribution in [0.5, 0.6) is 0 Å². The van der Waals surface area contributed by atoms with Crippen molar-refractivity contribution in [2.75, 3.05) is 20.3 Å². The van der Waals surface area contributed by atoms with Crippen molar-refractivity contribution in [2.45, 2.75) is 39.7 Å². The number of hydrogen-bond donors (Lipinski definition) is 0. The molecule has 0 fully saturated rings. The first kappa shape index (κ1) is 29.9. The second-order valence-corrected chi connectivity index (χ2v) is 11.5. The number of nitrogens with zero attached hydrogens (tertiary/aromatic N) is 3. The normalized spacial score (nSPS) is 15.0. The lowest BCUT2D eigenvalue weighted by molar-refractivity contribution is -0.385. The number of nitro groups is 1. The summed E-state index contributed by atoms with van der Waals surface area (Å²) in [5, 5.41) is 11.4. The molecule has 4 aromatic rings. The molecule has 43 heavy (non-hydrogen) atoms. The maximum Gasteiger partial charge on any atom is 0.338 e. The Balaban J connectivity index is 1.59.